The molecular formula is C17H16IN3O3. The number of pyridine rings is 1. The van der Waals surface area contributed by atoms with Crippen molar-refractivity contribution < 1.29 is 9.53 Å². The lowest BCUT2D eigenvalue weighted by Gasteiger charge is -2.13. The normalized spacial score (nSPS) is 10.2. The maximum Gasteiger partial charge on any atom is 0.269 e. The maximum atomic E-state index is 12.5. The summed E-state index contributed by atoms with van der Waals surface area (Å²) < 4.78 is 7.36. The number of nitriles is 1. The van der Waals surface area contributed by atoms with Gasteiger partial charge in [-0.05, 0) is 59.8 Å². The molecule has 0 bridgehead atoms. The van der Waals surface area contributed by atoms with Crippen molar-refractivity contribution in [2.75, 3.05) is 12.4 Å². The van der Waals surface area contributed by atoms with Gasteiger partial charge in [0.25, 0.3) is 5.56 Å². The number of nitrogens with zero attached hydrogens (tertiary/aromatic N) is 2. The summed E-state index contributed by atoms with van der Waals surface area (Å²) in [6.45, 7) is 1.74. The summed E-state index contributed by atoms with van der Waals surface area (Å²) in [5, 5.41) is 12.0. The Morgan fingerprint density at radius 1 is 1.38 bits per heavy atom. The highest BCUT2D eigenvalue weighted by molar-refractivity contribution is 14.1. The number of methoxy groups -OCH3 is 1. The Balaban J connectivity index is 2.26. The van der Waals surface area contributed by atoms with E-state index in [0.29, 0.717) is 16.9 Å². The Bertz CT molecular complexity index is 851. The van der Waals surface area contributed by atoms with E-state index in [0.717, 1.165) is 3.57 Å². The third-order valence-electron chi connectivity index (χ3n) is 3.43. The molecule has 0 saturated heterocycles. The molecule has 0 aliphatic rings. The molecule has 1 N–H and O–H groups in total. The molecule has 2 aromatic rings. The fourth-order valence-electron chi connectivity index (χ4n) is 2.30. The number of aromatic nitrogens is 1. The van der Waals surface area contributed by atoms with Gasteiger partial charge in [-0.3, -0.25) is 9.59 Å². The molecule has 24 heavy (non-hydrogen) atoms. The molecule has 124 valence electrons. The number of carbonyl (C=O) groups is 1. The first-order valence-electron chi connectivity index (χ1n) is 7.14. The highest BCUT2D eigenvalue weighted by atomic mass is 127. The monoisotopic (exact) mass is 437 g/mol. The van der Waals surface area contributed by atoms with Gasteiger partial charge in [0.05, 0.1) is 6.61 Å². The Morgan fingerprint density at radius 2 is 2.04 bits per heavy atom. The van der Waals surface area contributed by atoms with Crippen LogP contribution in [0, 0.1) is 21.8 Å². The fourth-order valence-corrected chi connectivity index (χ4v) is 2.66. The van der Waals surface area contributed by atoms with Crippen LogP contribution >= 0.6 is 22.6 Å². The molecule has 0 atom stereocenters. The topological polar surface area (TPSA) is 84.1 Å². The van der Waals surface area contributed by atoms with Gasteiger partial charge in [-0.1, -0.05) is 0 Å². The van der Waals surface area contributed by atoms with Gasteiger partial charge >= 0.3 is 0 Å². The van der Waals surface area contributed by atoms with Crippen molar-refractivity contribution in [1.82, 2.24) is 4.57 Å². The minimum absolute atomic E-state index is 0.00418. The molecule has 2 rings (SSSR count). The van der Waals surface area contributed by atoms with Crippen LogP contribution in [0.5, 0.6) is 0 Å². The summed E-state index contributed by atoms with van der Waals surface area (Å²) in [6.07, 6.45) is 0. The van der Waals surface area contributed by atoms with E-state index in [1.807, 2.05) is 18.2 Å². The Morgan fingerprint density at radius 3 is 2.62 bits per heavy atom. The predicted octanol–water partition coefficient (Wildman–Crippen LogP) is 2.42. The van der Waals surface area contributed by atoms with Gasteiger partial charge in [0.2, 0.25) is 5.91 Å². The SMILES string of the molecule is COCc1cc(C)n(CC(=O)Nc2ccc(I)cc2)c(=O)c1C#N. The van der Waals surface area contributed by atoms with Gasteiger partial charge < -0.3 is 14.6 Å². The minimum Gasteiger partial charge on any atom is -0.380 e. The second-order valence-electron chi connectivity index (χ2n) is 5.18. The molecule has 0 unspecified atom stereocenters. The van der Waals surface area contributed by atoms with E-state index in [-0.39, 0.29) is 24.6 Å². The number of aryl methyl sites for hydroxylation is 1. The van der Waals surface area contributed by atoms with E-state index in [1.54, 1.807) is 25.1 Å². The van der Waals surface area contributed by atoms with Crippen LogP contribution in [0.4, 0.5) is 5.69 Å². The number of ether oxygens (including phenoxy) is 1. The van der Waals surface area contributed by atoms with Crippen molar-refractivity contribution in [1.29, 1.82) is 5.26 Å². The van der Waals surface area contributed by atoms with Crippen LogP contribution in [-0.2, 0) is 22.7 Å². The Labute approximate surface area is 153 Å². The summed E-state index contributed by atoms with van der Waals surface area (Å²) in [4.78, 5) is 24.7. The molecule has 0 spiro atoms. The summed E-state index contributed by atoms with van der Waals surface area (Å²) >= 11 is 2.18. The summed E-state index contributed by atoms with van der Waals surface area (Å²) in [7, 11) is 1.50. The number of nitrogens with one attached hydrogen (secondary N) is 1. The molecule has 0 fully saturated rings. The van der Waals surface area contributed by atoms with Gasteiger partial charge in [-0.2, -0.15) is 5.26 Å². The van der Waals surface area contributed by atoms with E-state index in [1.165, 1.54) is 11.7 Å². The number of amides is 1. The molecular weight excluding hydrogens is 421 g/mol. The highest BCUT2D eigenvalue weighted by Gasteiger charge is 2.15. The first-order chi connectivity index (χ1) is 11.5. The van der Waals surface area contributed by atoms with Crippen molar-refractivity contribution in [2.24, 2.45) is 0 Å². The summed E-state index contributed by atoms with van der Waals surface area (Å²) in [5.41, 5.74) is 1.30. The van der Waals surface area contributed by atoms with Gasteiger partial charge in [-0.15, -0.1) is 0 Å². The summed E-state index contributed by atoms with van der Waals surface area (Å²) in [6, 6.07) is 10.9. The van der Waals surface area contributed by atoms with Crippen molar-refractivity contribution in [3.05, 3.63) is 61.1 Å². The number of carbonyl (C=O) groups excluding carboxylic acids is 1. The lowest BCUT2D eigenvalue weighted by molar-refractivity contribution is -0.116. The smallest absolute Gasteiger partial charge is 0.269 e. The number of benzene rings is 1. The van der Waals surface area contributed by atoms with Crippen LogP contribution in [0.25, 0.3) is 0 Å². The number of hydrogen-bond acceptors (Lipinski definition) is 4. The maximum absolute atomic E-state index is 12.5. The van der Waals surface area contributed by atoms with Crippen molar-refractivity contribution in [3.63, 3.8) is 0 Å². The molecule has 0 saturated carbocycles. The van der Waals surface area contributed by atoms with E-state index in [9.17, 15) is 14.9 Å². The minimum atomic E-state index is -0.484. The second kappa shape index (κ2) is 8.08. The quantitative estimate of drug-likeness (QED) is 0.729. The molecule has 0 radical (unpaired) electrons. The lowest BCUT2D eigenvalue weighted by Crippen LogP contribution is -2.31. The van der Waals surface area contributed by atoms with Gasteiger partial charge in [-0.25, -0.2) is 0 Å². The van der Waals surface area contributed by atoms with Crippen LogP contribution in [0.3, 0.4) is 0 Å². The van der Waals surface area contributed by atoms with Crippen molar-refractivity contribution in [3.8, 4) is 6.07 Å². The molecule has 7 heteroatoms. The Hall–Kier alpha value is -2.18. The van der Waals surface area contributed by atoms with E-state index >= 15 is 0 Å². The first kappa shape index (κ1) is 18.2. The fraction of sp³-hybridized carbons (Fsp3) is 0.235. The highest BCUT2D eigenvalue weighted by Crippen LogP contribution is 2.12. The zero-order valence-corrected chi connectivity index (χ0v) is 15.5. The van der Waals surface area contributed by atoms with Crippen LogP contribution in [-0.4, -0.2) is 17.6 Å². The number of hydrogen-bond donors (Lipinski definition) is 1. The van der Waals surface area contributed by atoms with Crippen LogP contribution < -0.4 is 10.9 Å². The van der Waals surface area contributed by atoms with Crippen molar-refractivity contribution >= 4 is 34.2 Å². The van der Waals surface area contributed by atoms with Gasteiger partial charge in [0, 0.05) is 27.6 Å². The standard InChI is InChI=1S/C17H16IN3O3/c1-11-7-12(10-24-2)15(8-19)17(23)21(11)9-16(22)20-14-5-3-13(18)4-6-14/h3-7H,9-10H2,1-2H3,(H,20,22). The zero-order chi connectivity index (χ0) is 17.7. The van der Waals surface area contributed by atoms with Gasteiger partial charge in [0.1, 0.15) is 18.2 Å². The number of rotatable bonds is 5. The largest absolute Gasteiger partial charge is 0.380 e. The Kier molecular flexibility index (Phi) is 6.11. The zero-order valence-electron chi connectivity index (χ0n) is 13.3. The first-order valence-corrected chi connectivity index (χ1v) is 8.22. The summed E-state index contributed by atoms with van der Waals surface area (Å²) in [5.74, 6) is -0.329. The average Bonchev–Trinajstić information content (AvgIpc) is 2.54. The second-order valence-corrected chi connectivity index (χ2v) is 6.42. The third kappa shape index (κ3) is 4.21. The average molecular weight is 437 g/mol. The van der Waals surface area contributed by atoms with Gasteiger partial charge in [0.15, 0.2) is 0 Å². The third-order valence-corrected chi connectivity index (χ3v) is 4.15. The van der Waals surface area contributed by atoms with E-state index < -0.39 is 5.56 Å². The predicted molar refractivity (Wildman–Crippen MR) is 98.7 cm³/mol. The molecule has 1 amide bonds. The number of anilines is 1. The van der Waals surface area contributed by atoms with E-state index in [2.05, 4.69) is 27.9 Å². The van der Waals surface area contributed by atoms with Crippen LogP contribution in [0.15, 0.2) is 35.1 Å². The molecule has 1 aromatic carbocycles. The molecule has 1 aromatic heterocycles. The molecule has 1 heterocycles. The molecule has 0 aliphatic carbocycles. The molecule has 0 aliphatic heterocycles. The number of halogens is 1. The van der Waals surface area contributed by atoms with Crippen LogP contribution in [0.1, 0.15) is 16.8 Å². The lowest BCUT2D eigenvalue weighted by atomic mass is 10.1. The molecule has 6 nitrogen and oxygen atoms in total. The van der Waals surface area contributed by atoms with Crippen molar-refractivity contribution in [2.45, 2.75) is 20.1 Å². The van der Waals surface area contributed by atoms with Crippen LogP contribution in [0.2, 0.25) is 0 Å². The van der Waals surface area contributed by atoms with E-state index in [4.69, 9.17) is 4.74 Å².